The maximum Gasteiger partial charge on any atom is 0.329 e. The van der Waals surface area contributed by atoms with Gasteiger partial charge >= 0.3 is 5.69 Å². The standard InChI is InChI=1S/C19H17N5O3/c1-23(15-10-6-3-7-11-15)17(25)13-21-19-16(24(26)27)12-20-18(22-19)14-8-4-2-5-9-14/h2-12H,13H2,1H3,(H,20,21,22). The van der Waals surface area contributed by atoms with Gasteiger partial charge in [-0.3, -0.25) is 14.9 Å². The molecule has 0 saturated carbocycles. The maximum atomic E-state index is 12.4. The number of hydrogen-bond donors (Lipinski definition) is 1. The predicted octanol–water partition coefficient (Wildman–Crippen LogP) is 3.13. The van der Waals surface area contributed by atoms with E-state index in [4.69, 9.17) is 0 Å². The Morgan fingerprint density at radius 3 is 2.37 bits per heavy atom. The summed E-state index contributed by atoms with van der Waals surface area (Å²) in [6.07, 6.45) is 1.14. The highest BCUT2D eigenvalue weighted by Crippen LogP contribution is 2.24. The molecule has 0 unspecified atom stereocenters. The predicted molar refractivity (Wildman–Crippen MR) is 102 cm³/mol. The normalized spacial score (nSPS) is 10.3. The second-order valence-corrected chi connectivity index (χ2v) is 5.69. The van der Waals surface area contributed by atoms with Gasteiger partial charge in [0.1, 0.15) is 6.20 Å². The van der Waals surface area contributed by atoms with Gasteiger partial charge in [-0.25, -0.2) is 9.97 Å². The first-order valence-electron chi connectivity index (χ1n) is 8.18. The largest absolute Gasteiger partial charge is 0.355 e. The van der Waals surface area contributed by atoms with Gasteiger partial charge in [0.25, 0.3) is 0 Å². The van der Waals surface area contributed by atoms with Gasteiger partial charge in [-0.1, -0.05) is 48.5 Å². The Balaban J connectivity index is 1.80. The number of para-hydroxylation sites is 1. The van der Waals surface area contributed by atoms with Gasteiger partial charge in [0, 0.05) is 18.3 Å². The summed E-state index contributed by atoms with van der Waals surface area (Å²) < 4.78 is 0. The minimum atomic E-state index is -0.581. The molecule has 8 nitrogen and oxygen atoms in total. The fraction of sp³-hybridized carbons (Fsp3) is 0.105. The molecule has 3 rings (SSSR count). The van der Waals surface area contributed by atoms with Crippen LogP contribution in [-0.4, -0.2) is 34.4 Å². The third kappa shape index (κ3) is 4.24. The summed E-state index contributed by atoms with van der Waals surface area (Å²) in [5, 5.41) is 14.0. The second-order valence-electron chi connectivity index (χ2n) is 5.69. The second kappa shape index (κ2) is 8.05. The summed E-state index contributed by atoms with van der Waals surface area (Å²) in [4.78, 5) is 32.8. The van der Waals surface area contributed by atoms with Gasteiger partial charge in [0.05, 0.1) is 11.5 Å². The Kier molecular flexibility index (Phi) is 5.36. The number of aromatic nitrogens is 2. The molecule has 0 bridgehead atoms. The van der Waals surface area contributed by atoms with Crippen molar-refractivity contribution in [1.82, 2.24) is 9.97 Å². The van der Waals surface area contributed by atoms with Crippen molar-refractivity contribution in [2.45, 2.75) is 0 Å². The quantitative estimate of drug-likeness (QED) is 0.533. The van der Waals surface area contributed by atoms with Crippen LogP contribution in [-0.2, 0) is 4.79 Å². The van der Waals surface area contributed by atoms with Gasteiger partial charge in [0.2, 0.25) is 11.7 Å². The molecule has 0 spiro atoms. The Hall–Kier alpha value is -3.81. The first-order chi connectivity index (χ1) is 13.1. The van der Waals surface area contributed by atoms with Gasteiger partial charge in [0.15, 0.2) is 5.82 Å². The third-order valence-corrected chi connectivity index (χ3v) is 3.92. The van der Waals surface area contributed by atoms with E-state index in [1.54, 1.807) is 31.3 Å². The summed E-state index contributed by atoms with van der Waals surface area (Å²) in [6, 6.07) is 18.2. The van der Waals surface area contributed by atoms with E-state index in [1.807, 2.05) is 36.4 Å². The molecule has 0 atom stereocenters. The lowest BCUT2D eigenvalue weighted by molar-refractivity contribution is -0.384. The van der Waals surface area contributed by atoms with Crippen molar-refractivity contribution in [3.63, 3.8) is 0 Å². The lowest BCUT2D eigenvalue weighted by atomic mass is 10.2. The molecule has 0 aliphatic rings. The molecule has 3 aromatic rings. The molecule has 0 saturated heterocycles. The van der Waals surface area contributed by atoms with Crippen LogP contribution in [0.2, 0.25) is 0 Å². The van der Waals surface area contributed by atoms with Gasteiger partial charge in [-0.2, -0.15) is 0 Å². The molecular weight excluding hydrogens is 346 g/mol. The van der Waals surface area contributed by atoms with E-state index in [2.05, 4.69) is 15.3 Å². The Morgan fingerprint density at radius 1 is 1.11 bits per heavy atom. The van der Waals surface area contributed by atoms with E-state index in [1.165, 1.54) is 4.90 Å². The lowest BCUT2D eigenvalue weighted by Crippen LogP contribution is -2.32. The smallest absolute Gasteiger partial charge is 0.329 e. The topological polar surface area (TPSA) is 101 Å². The van der Waals surface area contributed by atoms with Crippen LogP contribution in [0.3, 0.4) is 0 Å². The van der Waals surface area contributed by atoms with Gasteiger partial charge in [-0.05, 0) is 12.1 Å². The van der Waals surface area contributed by atoms with Crippen molar-refractivity contribution < 1.29 is 9.72 Å². The molecule has 27 heavy (non-hydrogen) atoms. The fourth-order valence-corrected chi connectivity index (χ4v) is 2.44. The molecule has 136 valence electrons. The van der Waals surface area contributed by atoms with Crippen LogP contribution in [0.1, 0.15) is 0 Å². The van der Waals surface area contributed by atoms with E-state index < -0.39 is 4.92 Å². The number of carbonyl (C=O) groups excluding carboxylic acids is 1. The number of rotatable bonds is 6. The van der Waals surface area contributed by atoms with E-state index in [9.17, 15) is 14.9 Å². The molecule has 0 aliphatic heterocycles. The van der Waals surface area contributed by atoms with Crippen LogP contribution < -0.4 is 10.2 Å². The molecule has 1 amide bonds. The molecule has 0 aliphatic carbocycles. The van der Waals surface area contributed by atoms with Crippen molar-refractivity contribution in [2.24, 2.45) is 0 Å². The van der Waals surface area contributed by atoms with Crippen molar-refractivity contribution in [1.29, 1.82) is 0 Å². The van der Waals surface area contributed by atoms with Crippen LogP contribution in [0.15, 0.2) is 66.9 Å². The van der Waals surface area contributed by atoms with Gasteiger partial charge in [-0.15, -0.1) is 0 Å². The van der Waals surface area contributed by atoms with Crippen molar-refractivity contribution in [3.8, 4) is 11.4 Å². The highest BCUT2D eigenvalue weighted by atomic mass is 16.6. The summed E-state index contributed by atoms with van der Waals surface area (Å²) >= 11 is 0. The minimum Gasteiger partial charge on any atom is -0.355 e. The Labute approximate surface area is 155 Å². The van der Waals surface area contributed by atoms with Crippen molar-refractivity contribution in [3.05, 3.63) is 77.0 Å². The number of anilines is 2. The molecule has 1 heterocycles. The zero-order valence-electron chi connectivity index (χ0n) is 14.6. The summed E-state index contributed by atoms with van der Waals surface area (Å²) in [5.74, 6) is 0.0894. The number of nitrogens with zero attached hydrogens (tertiary/aromatic N) is 4. The van der Waals surface area contributed by atoms with Crippen LogP contribution >= 0.6 is 0 Å². The summed E-state index contributed by atoms with van der Waals surface area (Å²) in [6.45, 7) is -0.141. The number of carbonyl (C=O) groups is 1. The Morgan fingerprint density at radius 2 is 1.74 bits per heavy atom. The number of nitrogens with one attached hydrogen (secondary N) is 1. The van der Waals surface area contributed by atoms with E-state index in [-0.39, 0.29) is 24.0 Å². The zero-order chi connectivity index (χ0) is 19.2. The maximum absolute atomic E-state index is 12.4. The Bertz CT molecular complexity index is 948. The van der Waals surface area contributed by atoms with Crippen LogP contribution in [0.25, 0.3) is 11.4 Å². The number of nitro groups is 1. The molecule has 0 fully saturated rings. The van der Waals surface area contributed by atoms with Crippen LogP contribution in [0, 0.1) is 10.1 Å². The average molecular weight is 363 g/mol. The molecule has 2 aromatic carbocycles. The number of hydrogen-bond acceptors (Lipinski definition) is 6. The van der Waals surface area contributed by atoms with E-state index in [0.717, 1.165) is 17.4 Å². The first-order valence-corrected chi connectivity index (χ1v) is 8.18. The first kappa shape index (κ1) is 18.0. The van der Waals surface area contributed by atoms with E-state index in [0.29, 0.717) is 5.82 Å². The summed E-state index contributed by atoms with van der Waals surface area (Å²) in [5.41, 5.74) is 1.17. The number of likely N-dealkylation sites (N-methyl/N-ethyl adjacent to an activating group) is 1. The van der Waals surface area contributed by atoms with Gasteiger partial charge < -0.3 is 10.2 Å². The number of benzene rings is 2. The molecular formula is C19H17N5O3. The SMILES string of the molecule is CN(C(=O)CNc1nc(-c2ccccc2)ncc1[N+](=O)[O-])c1ccccc1. The summed E-state index contributed by atoms with van der Waals surface area (Å²) in [7, 11) is 1.64. The molecule has 0 radical (unpaired) electrons. The van der Waals surface area contributed by atoms with Crippen molar-refractivity contribution >= 4 is 23.1 Å². The zero-order valence-corrected chi connectivity index (χ0v) is 14.6. The van der Waals surface area contributed by atoms with Crippen LogP contribution in [0.5, 0.6) is 0 Å². The van der Waals surface area contributed by atoms with E-state index >= 15 is 0 Å². The molecule has 1 aromatic heterocycles. The van der Waals surface area contributed by atoms with Crippen LogP contribution in [0.4, 0.5) is 17.2 Å². The third-order valence-electron chi connectivity index (χ3n) is 3.92. The lowest BCUT2D eigenvalue weighted by Gasteiger charge is -2.17. The van der Waals surface area contributed by atoms with Crippen molar-refractivity contribution in [2.75, 3.05) is 23.8 Å². The fourth-order valence-electron chi connectivity index (χ4n) is 2.44. The highest BCUT2D eigenvalue weighted by molar-refractivity contribution is 5.95. The number of amides is 1. The molecule has 8 heteroatoms. The highest BCUT2D eigenvalue weighted by Gasteiger charge is 2.19. The minimum absolute atomic E-state index is 0.00339. The monoisotopic (exact) mass is 363 g/mol. The molecule has 1 N–H and O–H groups in total. The average Bonchev–Trinajstić information content (AvgIpc) is 2.72.